The summed E-state index contributed by atoms with van der Waals surface area (Å²) in [5.74, 6) is -0.895. The summed E-state index contributed by atoms with van der Waals surface area (Å²) in [5, 5.41) is 11.8. The number of Topliss-reactive ketones (excluding diaryl/α,β-unsaturated/α-hetero) is 1. The molecule has 9 heteroatoms. The summed E-state index contributed by atoms with van der Waals surface area (Å²) in [6.07, 6.45) is 6.40. The number of rotatable bonds is 1. The van der Waals surface area contributed by atoms with Gasteiger partial charge in [-0.05, 0) is 61.9 Å². The van der Waals surface area contributed by atoms with Crippen LogP contribution in [0.25, 0.3) is 6.08 Å². The van der Waals surface area contributed by atoms with E-state index in [0.717, 1.165) is 0 Å². The maximum atomic E-state index is 13.3. The summed E-state index contributed by atoms with van der Waals surface area (Å²) in [6, 6.07) is 4.95. The lowest BCUT2D eigenvalue weighted by atomic mass is 9.83. The zero-order chi connectivity index (χ0) is 26.1. The number of hydrogen-bond donors (Lipinski definition) is 1. The number of phenolic OH excluding ortho intramolecular Hbond substituents is 1. The third-order valence-electron chi connectivity index (χ3n) is 6.83. The number of cyclic esters (lactones) is 1. The van der Waals surface area contributed by atoms with Gasteiger partial charge in [-0.1, -0.05) is 23.8 Å². The van der Waals surface area contributed by atoms with Crippen LogP contribution in [-0.2, 0) is 14.3 Å². The van der Waals surface area contributed by atoms with Gasteiger partial charge in [0.1, 0.15) is 22.8 Å². The van der Waals surface area contributed by atoms with Gasteiger partial charge in [0, 0.05) is 24.3 Å². The number of ketones is 1. The highest BCUT2D eigenvalue weighted by Gasteiger charge is 2.36. The molecule has 2 atom stereocenters. The molecule has 3 aliphatic rings. The summed E-state index contributed by atoms with van der Waals surface area (Å²) in [4.78, 5) is 38.0. The molecule has 194 valence electrons. The Balaban J connectivity index is 1.60. The Labute approximate surface area is 219 Å². The number of halogens is 1. The minimum atomic E-state index is -0.685. The van der Waals surface area contributed by atoms with Gasteiger partial charge in [-0.25, -0.2) is 4.79 Å². The topological polar surface area (TPSA) is 108 Å². The van der Waals surface area contributed by atoms with Crippen LogP contribution in [0.5, 0.6) is 23.0 Å². The minimum absolute atomic E-state index is 0.00442. The summed E-state index contributed by atoms with van der Waals surface area (Å²) < 4.78 is 22.1. The maximum Gasteiger partial charge on any atom is 0.342 e. The lowest BCUT2D eigenvalue weighted by molar-refractivity contribution is -0.135. The van der Waals surface area contributed by atoms with Gasteiger partial charge in [0.05, 0.1) is 17.5 Å². The number of esters is 2. The molecular formula is C28H27ClO8. The van der Waals surface area contributed by atoms with E-state index in [0.29, 0.717) is 71.7 Å². The Morgan fingerprint density at radius 2 is 1.84 bits per heavy atom. The smallest absolute Gasteiger partial charge is 0.342 e. The Morgan fingerprint density at radius 1 is 1.03 bits per heavy atom. The first-order valence-electron chi connectivity index (χ1n) is 12.4. The molecule has 3 heterocycles. The molecule has 0 aliphatic carbocycles. The molecule has 0 saturated carbocycles. The molecule has 0 aromatic heterocycles. The second-order valence-electron chi connectivity index (χ2n) is 9.51. The van der Waals surface area contributed by atoms with Crippen LogP contribution >= 0.6 is 11.6 Å². The summed E-state index contributed by atoms with van der Waals surface area (Å²) in [7, 11) is 0. The van der Waals surface area contributed by atoms with Gasteiger partial charge in [-0.2, -0.15) is 0 Å². The highest BCUT2D eigenvalue weighted by molar-refractivity contribution is 6.32. The van der Waals surface area contributed by atoms with Crippen molar-refractivity contribution in [1.29, 1.82) is 0 Å². The van der Waals surface area contributed by atoms with Gasteiger partial charge in [0.15, 0.2) is 11.5 Å². The zero-order valence-corrected chi connectivity index (χ0v) is 21.1. The van der Waals surface area contributed by atoms with E-state index >= 15 is 0 Å². The third-order valence-corrected chi connectivity index (χ3v) is 7.11. The number of ether oxygens (including phenoxy) is 4. The lowest BCUT2D eigenvalue weighted by Crippen LogP contribution is -2.23. The second-order valence-corrected chi connectivity index (χ2v) is 9.92. The zero-order valence-electron chi connectivity index (χ0n) is 20.4. The fourth-order valence-corrected chi connectivity index (χ4v) is 5.27. The van der Waals surface area contributed by atoms with Crippen molar-refractivity contribution in [3.8, 4) is 23.0 Å². The Kier molecular flexibility index (Phi) is 7.11. The van der Waals surface area contributed by atoms with Crippen LogP contribution in [0, 0.1) is 0 Å². The van der Waals surface area contributed by atoms with Crippen LogP contribution in [0.1, 0.15) is 84.8 Å². The number of fused-ring (bicyclic) bond motifs is 3. The molecule has 0 amide bonds. The van der Waals surface area contributed by atoms with Crippen molar-refractivity contribution in [2.45, 2.75) is 63.9 Å². The molecule has 0 spiro atoms. The predicted molar refractivity (Wildman–Crippen MR) is 134 cm³/mol. The summed E-state index contributed by atoms with van der Waals surface area (Å²) in [5.41, 5.74) is 1.29. The van der Waals surface area contributed by atoms with E-state index in [4.69, 9.17) is 30.5 Å². The highest BCUT2D eigenvalue weighted by atomic mass is 35.5. The number of phenols is 1. The first-order valence-corrected chi connectivity index (χ1v) is 12.8. The molecule has 0 fully saturated rings. The lowest BCUT2D eigenvalue weighted by Gasteiger charge is -2.28. The number of carbonyl (C=O) groups excluding carboxylic acids is 3. The fraction of sp³-hybridized carbons (Fsp3) is 0.393. The molecule has 8 nitrogen and oxygen atoms in total. The van der Waals surface area contributed by atoms with Crippen LogP contribution < -0.4 is 14.2 Å². The minimum Gasteiger partial charge on any atom is -0.507 e. The number of hydrogen-bond acceptors (Lipinski definition) is 8. The molecule has 5 rings (SSSR count). The van der Waals surface area contributed by atoms with Crippen molar-refractivity contribution < 1.29 is 38.4 Å². The largest absolute Gasteiger partial charge is 0.507 e. The summed E-state index contributed by atoms with van der Waals surface area (Å²) in [6.45, 7) is 1.80. The molecule has 0 saturated heterocycles. The monoisotopic (exact) mass is 526 g/mol. The molecule has 0 bridgehead atoms. The quantitative estimate of drug-likeness (QED) is 0.372. The first kappa shape index (κ1) is 25.1. The van der Waals surface area contributed by atoms with Crippen molar-refractivity contribution in [2.24, 2.45) is 0 Å². The average Bonchev–Trinajstić information content (AvgIpc) is 3.32. The molecule has 37 heavy (non-hydrogen) atoms. The van der Waals surface area contributed by atoms with Crippen molar-refractivity contribution in [1.82, 2.24) is 0 Å². The number of allylic oxidation sites excluding steroid dienone is 1. The standard InChI is InChI=1S/C28H27ClO8/c1-15-6-5-9-18(30)8-4-2-3-7-16-11-21-25(26(32)24(16)28(33)36-15)19(13-23(31)37-21)17-10-20(29)27-22(12-17)34-14-35-27/h3,7,10-12,15,19,32H,2,4-6,8-9,13-14H2,1H3/t15-,19-/m1/s1. The van der Waals surface area contributed by atoms with Gasteiger partial charge in [0.2, 0.25) is 6.79 Å². The second kappa shape index (κ2) is 10.5. The van der Waals surface area contributed by atoms with E-state index < -0.39 is 24.0 Å². The van der Waals surface area contributed by atoms with Crippen molar-refractivity contribution in [3.05, 3.63) is 51.6 Å². The molecule has 3 aliphatic heterocycles. The summed E-state index contributed by atoms with van der Waals surface area (Å²) >= 11 is 6.40. The first-order chi connectivity index (χ1) is 17.8. The molecule has 0 radical (unpaired) electrons. The van der Waals surface area contributed by atoms with Crippen LogP contribution in [0.15, 0.2) is 24.3 Å². The van der Waals surface area contributed by atoms with Gasteiger partial charge < -0.3 is 24.1 Å². The number of aromatic hydroxyl groups is 1. The van der Waals surface area contributed by atoms with E-state index in [9.17, 15) is 19.5 Å². The van der Waals surface area contributed by atoms with Gasteiger partial charge >= 0.3 is 11.9 Å². The van der Waals surface area contributed by atoms with Gasteiger partial charge in [-0.15, -0.1) is 0 Å². The third kappa shape index (κ3) is 5.16. The van der Waals surface area contributed by atoms with Crippen molar-refractivity contribution in [2.75, 3.05) is 6.79 Å². The van der Waals surface area contributed by atoms with E-state index in [-0.39, 0.29) is 36.1 Å². The Hall–Kier alpha value is -3.52. The molecule has 0 unspecified atom stereocenters. The van der Waals surface area contributed by atoms with Gasteiger partial charge in [0.25, 0.3) is 0 Å². The van der Waals surface area contributed by atoms with E-state index in [1.54, 1.807) is 31.2 Å². The fourth-order valence-electron chi connectivity index (χ4n) is 4.99. The number of benzene rings is 2. The average molecular weight is 527 g/mol. The van der Waals surface area contributed by atoms with Gasteiger partial charge in [-0.3, -0.25) is 9.59 Å². The molecular weight excluding hydrogens is 500 g/mol. The highest BCUT2D eigenvalue weighted by Crippen LogP contribution is 2.50. The predicted octanol–water partition coefficient (Wildman–Crippen LogP) is 5.70. The maximum absolute atomic E-state index is 13.3. The molecule has 2 aromatic rings. The molecule has 2 aromatic carbocycles. The molecule has 1 N–H and O–H groups in total. The van der Waals surface area contributed by atoms with E-state index in [2.05, 4.69) is 0 Å². The van der Waals surface area contributed by atoms with Crippen LogP contribution in [-0.4, -0.2) is 35.7 Å². The van der Waals surface area contributed by atoms with E-state index in [1.165, 1.54) is 0 Å². The Morgan fingerprint density at radius 3 is 2.68 bits per heavy atom. The van der Waals surface area contributed by atoms with Crippen molar-refractivity contribution in [3.63, 3.8) is 0 Å². The van der Waals surface area contributed by atoms with E-state index in [1.807, 2.05) is 6.08 Å². The normalized spacial score (nSPS) is 21.9. The van der Waals surface area contributed by atoms with Crippen LogP contribution in [0.4, 0.5) is 0 Å². The van der Waals surface area contributed by atoms with Crippen LogP contribution in [0.2, 0.25) is 5.02 Å². The SMILES string of the molecule is C[C@@H]1CCCC(=O)CCCC=Cc2cc3c(c(O)c2C(=O)O1)[C@@H](c1cc(Cl)c2c(c1)OCO2)CC(=O)O3. The Bertz CT molecular complexity index is 1300. The van der Waals surface area contributed by atoms with Crippen LogP contribution in [0.3, 0.4) is 0 Å². The van der Waals surface area contributed by atoms with Crippen molar-refractivity contribution >= 4 is 35.4 Å². The number of carbonyl (C=O) groups is 3.